The fourth-order valence-corrected chi connectivity index (χ4v) is 5.57. The molecule has 6 heteroatoms. The average molecular weight is 385 g/mol. The van der Waals surface area contributed by atoms with Crippen molar-refractivity contribution >= 4 is 21.5 Å². The second-order valence-corrected chi connectivity index (χ2v) is 9.15. The van der Waals surface area contributed by atoms with Crippen LogP contribution in [-0.2, 0) is 26.8 Å². The highest BCUT2D eigenvalue weighted by atomic mass is 32.2. The Hall–Kier alpha value is -2.18. The molecule has 1 aliphatic heterocycles. The number of carbonyl (C=O) groups excluding carboxylic acids is 1. The number of hydrogen-bond acceptors (Lipinski definition) is 4. The van der Waals surface area contributed by atoms with Gasteiger partial charge in [0.15, 0.2) is 5.78 Å². The number of sulfonamides is 1. The summed E-state index contributed by atoms with van der Waals surface area (Å²) < 4.78 is 29.1. The third-order valence-corrected chi connectivity index (χ3v) is 7.14. The molecule has 1 heterocycles. The van der Waals surface area contributed by atoms with E-state index in [0.29, 0.717) is 12.8 Å². The first-order valence-corrected chi connectivity index (χ1v) is 10.9. The van der Waals surface area contributed by atoms with Crippen LogP contribution in [0.3, 0.4) is 0 Å². The zero-order valence-corrected chi connectivity index (χ0v) is 16.2. The number of nitrogens with one attached hydrogen (secondary N) is 2. The number of para-hydroxylation sites is 1. The van der Waals surface area contributed by atoms with Crippen molar-refractivity contribution in [2.75, 3.05) is 11.9 Å². The second kappa shape index (κ2) is 6.77. The first kappa shape index (κ1) is 18.2. The topological polar surface area (TPSA) is 75.3 Å². The second-order valence-electron chi connectivity index (χ2n) is 7.47. The van der Waals surface area contributed by atoms with Crippen LogP contribution in [-0.4, -0.2) is 20.7 Å². The highest BCUT2D eigenvalue weighted by Gasteiger charge is 2.46. The number of hydrogen-bond donors (Lipinski definition) is 2. The molecule has 4 rings (SSSR count). The number of aryl methyl sites for hydroxylation is 1. The number of carbonyl (C=O) groups is 1. The van der Waals surface area contributed by atoms with Crippen molar-refractivity contribution in [2.45, 2.75) is 49.5 Å². The van der Waals surface area contributed by atoms with E-state index >= 15 is 0 Å². The van der Waals surface area contributed by atoms with Gasteiger partial charge in [0.2, 0.25) is 10.0 Å². The molecule has 142 valence electrons. The quantitative estimate of drug-likeness (QED) is 0.848. The molecule has 2 aromatic rings. The zero-order valence-electron chi connectivity index (χ0n) is 15.4. The van der Waals surface area contributed by atoms with Gasteiger partial charge in [0.25, 0.3) is 0 Å². The largest absolute Gasteiger partial charge is 0.384 e. The Morgan fingerprint density at radius 2 is 1.81 bits per heavy atom. The molecule has 0 saturated heterocycles. The minimum atomic E-state index is -3.83. The molecular formula is C21H24N2O3S. The van der Waals surface area contributed by atoms with E-state index in [2.05, 4.69) is 10.0 Å². The molecule has 2 aromatic carbocycles. The lowest BCUT2D eigenvalue weighted by atomic mass is 9.75. The molecule has 1 atom stereocenters. The van der Waals surface area contributed by atoms with Gasteiger partial charge in [-0.15, -0.1) is 0 Å². The van der Waals surface area contributed by atoms with Crippen LogP contribution in [0.4, 0.5) is 5.69 Å². The summed E-state index contributed by atoms with van der Waals surface area (Å²) in [4.78, 5) is 13.3. The third-order valence-electron chi connectivity index (χ3n) is 5.63. The van der Waals surface area contributed by atoms with Crippen LogP contribution >= 0.6 is 0 Å². The van der Waals surface area contributed by atoms with Gasteiger partial charge in [-0.1, -0.05) is 42.3 Å². The van der Waals surface area contributed by atoms with Crippen LogP contribution in [0.5, 0.6) is 0 Å². The van der Waals surface area contributed by atoms with Crippen molar-refractivity contribution in [3.8, 4) is 0 Å². The Morgan fingerprint density at radius 3 is 2.56 bits per heavy atom. The monoisotopic (exact) mass is 384 g/mol. The number of rotatable bonds is 4. The van der Waals surface area contributed by atoms with E-state index in [-0.39, 0.29) is 10.7 Å². The van der Waals surface area contributed by atoms with Crippen LogP contribution in [0.15, 0.2) is 47.4 Å². The van der Waals surface area contributed by atoms with E-state index in [1.54, 1.807) is 24.3 Å². The molecule has 27 heavy (non-hydrogen) atoms. The molecule has 1 saturated carbocycles. The van der Waals surface area contributed by atoms with E-state index in [1.165, 1.54) is 0 Å². The van der Waals surface area contributed by atoms with Crippen LogP contribution in [0.25, 0.3) is 0 Å². The van der Waals surface area contributed by atoms with E-state index < -0.39 is 15.6 Å². The van der Waals surface area contributed by atoms with E-state index in [4.69, 9.17) is 0 Å². The van der Waals surface area contributed by atoms with Crippen LogP contribution < -0.4 is 10.0 Å². The lowest BCUT2D eigenvalue weighted by Gasteiger charge is -2.37. The summed E-state index contributed by atoms with van der Waals surface area (Å²) in [6.07, 6.45) is 3.37. The van der Waals surface area contributed by atoms with Crippen molar-refractivity contribution in [1.29, 1.82) is 0 Å². The van der Waals surface area contributed by atoms with Gasteiger partial charge >= 0.3 is 0 Å². The molecule has 1 unspecified atom stereocenters. The Labute approximate surface area is 160 Å². The maximum Gasteiger partial charge on any atom is 0.241 e. The minimum absolute atomic E-state index is 0.0495. The van der Waals surface area contributed by atoms with E-state index in [1.807, 2.05) is 25.1 Å². The van der Waals surface area contributed by atoms with Crippen molar-refractivity contribution in [3.05, 3.63) is 59.2 Å². The lowest BCUT2D eigenvalue weighted by Crippen LogP contribution is -2.53. The Balaban J connectivity index is 1.82. The normalized spacial score (nSPS) is 22.3. The van der Waals surface area contributed by atoms with E-state index in [0.717, 1.165) is 48.2 Å². The smallest absolute Gasteiger partial charge is 0.241 e. The number of ketones is 1. The van der Waals surface area contributed by atoms with Gasteiger partial charge < -0.3 is 5.32 Å². The molecule has 2 aliphatic rings. The Morgan fingerprint density at radius 1 is 1.04 bits per heavy atom. The van der Waals surface area contributed by atoms with Gasteiger partial charge in [-0.3, -0.25) is 4.79 Å². The molecule has 2 N–H and O–H groups in total. The summed E-state index contributed by atoms with van der Waals surface area (Å²) in [6, 6.07) is 12.6. The van der Waals surface area contributed by atoms with Crippen molar-refractivity contribution in [3.63, 3.8) is 0 Å². The van der Waals surface area contributed by atoms with Crippen LogP contribution in [0.1, 0.15) is 42.4 Å². The average Bonchev–Trinajstić information content (AvgIpc) is 3.12. The molecule has 5 nitrogen and oxygen atoms in total. The molecule has 0 radical (unpaired) electrons. The molecule has 1 aliphatic carbocycles. The Kier molecular flexibility index (Phi) is 4.56. The first-order valence-electron chi connectivity index (χ1n) is 9.43. The zero-order chi connectivity index (χ0) is 19.1. The highest BCUT2D eigenvalue weighted by molar-refractivity contribution is 7.89. The van der Waals surface area contributed by atoms with Gasteiger partial charge in [0.1, 0.15) is 5.54 Å². The summed E-state index contributed by atoms with van der Waals surface area (Å²) in [5.41, 5.74) is 2.60. The molecule has 0 aromatic heterocycles. The summed E-state index contributed by atoms with van der Waals surface area (Å²) in [5, 5.41) is 3.36. The molecule has 0 amide bonds. The fourth-order valence-electron chi connectivity index (χ4n) is 4.18. The van der Waals surface area contributed by atoms with E-state index in [9.17, 15) is 13.2 Å². The summed E-state index contributed by atoms with van der Waals surface area (Å²) >= 11 is 0. The minimum Gasteiger partial charge on any atom is -0.384 e. The SMILES string of the molecule is Cc1ccc(S(=O)(=O)NC2(c3cccc4c3NCC4)CCCCC2=O)cc1. The predicted molar refractivity (Wildman–Crippen MR) is 105 cm³/mol. The first-order chi connectivity index (χ1) is 12.9. The van der Waals surface area contributed by atoms with Crippen molar-refractivity contribution in [2.24, 2.45) is 0 Å². The summed E-state index contributed by atoms with van der Waals surface area (Å²) in [7, 11) is -3.83. The molecule has 0 spiro atoms. The van der Waals surface area contributed by atoms with Crippen LogP contribution in [0.2, 0.25) is 0 Å². The van der Waals surface area contributed by atoms with Crippen molar-refractivity contribution in [1.82, 2.24) is 4.72 Å². The van der Waals surface area contributed by atoms with Gasteiger partial charge in [0.05, 0.1) is 4.90 Å². The number of fused-ring (bicyclic) bond motifs is 1. The Bertz CT molecular complexity index is 983. The maximum atomic E-state index is 13.2. The predicted octanol–water partition coefficient (Wildman–Crippen LogP) is 3.28. The van der Waals surface area contributed by atoms with Gasteiger partial charge in [-0.05, 0) is 43.9 Å². The van der Waals surface area contributed by atoms with Crippen molar-refractivity contribution < 1.29 is 13.2 Å². The third kappa shape index (κ3) is 3.17. The van der Waals surface area contributed by atoms with Gasteiger partial charge in [0, 0.05) is 24.2 Å². The summed E-state index contributed by atoms with van der Waals surface area (Å²) in [5.74, 6) is -0.0495. The molecule has 0 bridgehead atoms. The highest BCUT2D eigenvalue weighted by Crippen LogP contribution is 2.42. The number of Topliss-reactive ketones (excluding diaryl/α,β-unsaturated/α-hetero) is 1. The standard InChI is InChI=1S/C21H24N2O3S/c1-15-8-10-17(11-9-15)27(25,26)23-21(13-3-2-7-19(21)24)18-6-4-5-16-12-14-22-20(16)18/h4-6,8-11,22-23H,2-3,7,12-14H2,1H3. The molecule has 1 fully saturated rings. The van der Waals surface area contributed by atoms with Crippen LogP contribution in [0, 0.1) is 6.92 Å². The number of anilines is 1. The number of benzene rings is 2. The maximum absolute atomic E-state index is 13.2. The summed E-state index contributed by atoms with van der Waals surface area (Å²) in [6.45, 7) is 2.72. The van der Waals surface area contributed by atoms with Gasteiger partial charge in [-0.25, -0.2) is 8.42 Å². The fraction of sp³-hybridized carbons (Fsp3) is 0.381. The molecular weight excluding hydrogens is 360 g/mol. The lowest BCUT2D eigenvalue weighted by molar-refractivity contribution is -0.127. The van der Waals surface area contributed by atoms with Gasteiger partial charge in [-0.2, -0.15) is 4.72 Å².